The summed E-state index contributed by atoms with van der Waals surface area (Å²) in [7, 11) is -4.62. The van der Waals surface area contributed by atoms with Crippen molar-refractivity contribution < 1.29 is 22.3 Å². The Hall–Kier alpha value is -1.31. The average Bonchev–Trinajstić information content (AvgIpc) is 2.09. The molecule has 7 heteroatoms. The second-order valence-corrected chi connectivity index (χ2v) is 3.87. The lowest BCUT2D eigenvalue weighted by atomic mass is 10.1. The van der Waals surface area contributed by atoms with Gasteiger partial charge in [-0.15, -0.1) is 0 Å². The minimum Gasteiger partial charge on any atom is -0.504 e. The van der Waals surface area contributed by atoms with E-state index in [1.807, 2.05) is 0 Å². The lowest BCUT2D eigenvalue weighted by Gasteiger charge is -2.06. The van der Waals surface area contributed by atoms with E-state index in [0.717, 1.165) is 0 Å². The van der Waals surface area contributed by atoms with Crippen molar-refractivity contribution in [1.82, 2.24) is 0 Å². The number of aromatic hydroxyl groups is 1. The van der Waals surface area contributed by atoms with Crippen LogP contribution in [0.15, 0.2) is 18.2 Å². The van der Waals surface area contributed by atoms with Gasteiger partial charge in [0.05, 0.1) is 0 Å². The van der Waals surface area contributed by atoms with E-state index in [4.69, 9.17) is 10.3 Å². The van der Waals surface area contributed by atoms with Gasteiger partial charge in [-0.3, -0.25) is 4.55 Å². The molecule has 84 valence electrons. The van der Waals surface area contributed by atoms with E-state index in [9.17, 15) is 13.5 Å². The van der Waals surface area contributed by atoms with Gasteiger partial charge in [-0.25, -0.2) is 0 Å². The van der Waals surface area contributed by atoms with Gasteiger partial charge < -0.3 is 15.0 Å². The third-order valence-corrected chi connectivity index (χ3v) is 2.04. The molecule has 0 unspecified atom stereocenters. The summed E-state index contributed by atoms with van der Waals surface area (Å²) >= 11 is 0. The molecule has 1 aromatic carbocycles. The summed E-state index contributed by atoms with van der Waals surface area (Å²) < 4.78 is 33.4. The summed E-state index contributed by atoms with van der Waals surface area (Å²) in [6, 6.07) is 4.15. The van der Waals surface area contributed by atoms with Crippen LogP contribution in [-0.2, 0) is 16.8 Å². The quantitative estimate of drug-likeness (QED) is 0.635. The Bertz CT molecular complexity index is 442. The Kier molecular flexibility index (Phi) is 3.51. The first-order valence-corrected chi connectivity index (χ1v) is 5.48. The fraction of sp³-hybridized carbons (Fsp3) is 0.250. The molecule has 1 rings (SSSR count). The first-order chi connectivity index (χ1) is 6.92. The standard InChI is InChI=1S/C8H11NO5S/c9-4-3-6-1-2-7(10)8(5-6)14-15(11,12)13/h1-2,5,10H,3-4,9H2,(H,11,12,13). The second-order valence-electron chi connectivity index (χ2n) is 2.85. The number of benzene rings is 1. The largest absolute Gasteiger partial charge is 0.504 e. The molecular formula is C8H11NO5S. The fourth-order valence-corrected chi connectivity index (χ4v) is 1.42. The molecule has 0 amide bonds. The van der Waals surface area contributed by atoms with Crippen molar-refractivity contribution in [3.05, 3.63) is 23.8 Å². The number of nitrogens with two attached hydrogens (primary N) is 1. The predicted octanol–water partition coefficient (Wildman–Crippen LogP) is 0.0750. The Labute approximate surface area is 87.2 Å². The summed E-state index contributed by atoms with van der Waals surface area (Å²) in [5.41, 5.74) is 6.01. The minimum atomic E-state index is -4.62. The highest BCUT2D eigenvalue weighted by molar-refractivity contribution is 7.81. The predicted molar refractivity (Wildman–Crippen MR) is 53.0 cm³/mol. The van der Waals surface area contributed by atoms with Crippen LogP contribution in [-0.4, -0.2) is 24.6 Å². The lowest BCUT2D eigenvalue weighted by Crippen LogP contribution is -2.08. The van der Waals surface area contributed by atoms with E-state index in [0.29, 0.717) is 18.5 Å². The van der Waals surface area contributed by atoms with Gasteiger partial charge in [0.1, 0.15) is 0 Å². The highest BCUT2D eigenvalue weighted by Crippen LogP contribution is 2.27. The van der Waals surface area contributed by atoms with E-state index in [1.54, 1.807) is 6.07 Å². The molecule has 0 aliphatic rings. The van der Waals surface area contributed by atoms with E-state index in [2.05, 4.69) is 4.18 Å². The SMILES string of the molecule is NCCc1ccc(O)c(OS(=O)(=O)O)c1. The van der Waals surface area contributed by atoms with Crippen LogP contribution >= 0.6 is 0 Å². The van der Waals surface area contributed by atoms with Crippen molar-refractivity contribution in [1.29, 1.82) is 0 Å². The Morgan fingerprint density at radius 2 is 2.07 bits per heavy atom. The molecule has 0 aliphatic heterocycles. The summed E-state index contributed by atoms with van der Waals surface area (Å²) in [5.74, 6) is -0.683. The van der Waals surface area contributed by atoms with Crippen LogP contribution in [0, 0.1) is 0 Å². The Balaban J connectivity index is 3.00. The van der Waals surface area contributed by atoms with Crippen LogP contribution in [0.1, 0.15) is 5.56 Å². The van der Waals surface area contributed by atoms with Crippen molar-refractivity contribution >= 4 is 10.4 Å². The molecule has 0 heterocycles. The van der Waals surface area contributed by atoms with Crippen molar-refractivity contribution in [3.8, 4) is 11.5 Å². The summed E-state index contributed by atoms with van der Waals surface area (Å²) in [5, 5.41) is 9.23. The fourth-order valence-electron chi connectivity index (χ4n) is 1.06. The average molecular weight is 233 g/mol. The van der Waals surface area contributed by atoms with Gasteiger partial charge in [-0.05, 0) is 30.7 Å². The minimum absolute atomic E-state index is 0.316. The van der Waals surface area contributed by atoms with Crippen molar-refractivity contribution in [2.75, 3.05) is 6.54 Å². The molecule has 0 fully saturated rings. The van der Waals surface area contributed by atoms with Crippen LogP contribution in [0.3, 0.4) is 0 Å². The molecule has 15 heavy (non-hydrogen) atoms. The van der Waals surface area contributed by atoms with Crippen LogP contribution in [0.2, 0.25) is 0 Å². The molecule has 0 aliphatic carbocycles. The Morgan fingerprint density at radius 1 is 1.40 bits per heavy atom. The van der Waals surface area contributed by atoms with Gasteiger partial charge in [-0.2, -0.15) is 8.42 Å². The maximum absolute atomic E-state index is 10.4. The number of phenolic OH excluding ortho intramolecular Hbond substituents is 1. The van der Waals surface area contributed by atoms with E-state index in [1.165, 1.54) is 12.1 Å². The molecule has 1 aromatic rings. The first kappa shape index (κ1) is 11.8. The maximum atomic E-state index is 10.4. The molecule has 6 nitrogen and oxygen atoms in total. The Morgan fingerprint density at radius 3 is 2.60 bits per heavy atom. The topological polar surface area (TPSA) is 110 Å². The molecule has 0 saturated carbocycles. The number of phenols is 1. The number of hydrogen-bond donors (Lipinski definition) is 3. The third kappa shape index (κ3) is 3.74. The zero-order chi connectivity index (χ0) is 11.5. The second kappa shape index (κ2) is 4.47. The van der Waals surface area contributed by atoms with Crippen LogP contribution in [0.4, 0.5) is 0 Å². The van der Waals surface area contributed by atoms with E-state index >= 15 is 0 Å². The monoisotopic (exact) mass is 233 g/mol. The van der Waals surface area contributed by atoms with Crippen LogP contribution in [0.25, 0.3) is 0 Å². The lowest BCUT2D eigenvalue weighted by molar-refractivity contribution is 0.371. The zero-order valence-electron chi connectivity index (χ0n) is 7.75. The van der Waals surface area contributed by atoms with Crippen molar-refractivity contribution in [2.24, 2.45) is 5.73 Å². The van der Waals surface area contributed by atoms with E-state index < -0.39 is 10.4 Å². The normalized spacial score (nSPS) is 11.3. The van der Waals surface area contributed by atoms with Gasteiger partial charge in [0.2, 0.25) is 0 Å². The smallest absolute Gasteiger partial charge is 0.446 e. The van der Waals surface area contributed by atoms with Gasteiger partial charge >= 0.3 is 10.4 Å². The van der Waals surface area contributed by atoms with Crippen molar-refractivity contribution in [2.45, 2.75) is 6.42 Å². The van der Waals surface area contributed by atoms with Gasteiger partial charge in [0.25, 0.3) is 0 Å². The van der Waals surface area contributed by atoms with Gasteiger partial charge in [0, 0.05) is 0 Å². The summed E-state index contributed by atoms with van der Waals surface area (Å²) in [4.78, 5) is 0. The summed E-state index contributed by atoms with van der Waals surface area (Å²) in [6.07, 6.45) is 0.516. The zero-order valence-corrected chi connectivity index (χ0v) is 8.57. The van der Waals surface area contributed by atoms with Crippen LogP contribution < -0.4 is 9.92 Å². The summed E-state index contributed by atoms with van der Waals surface area (Å²) in [6.45, 7) is 0.385. The molecular weight excluding hydrogens is 222 g/mol. The third-order valence-electron chi connectivity index (χ3n) is 1.65. The molecule has 0 bridgehead atoms. The molecule has 0 saturated heterocycles. The molecule has 0 radical (unpaired) electrons. The highest BCUT2D eigenvalue weighted by Gasteiger charge is 2.11. The van der Waals surface area contributed by atoms with Crippen LogP contribution in [0.5, 0.6) is 11.5 Å². The highest BCUT2D eigenvalue weighted by atomic mass is 32.3. The number of rotatable bonds is 4. The molecule has 0 spiro atoms. The maximum Gasteiger partial charge on any atom is 0.446 e. The molecule has 0 aromatic heterocycles. The van der Waals surface area contributed by atoms with Gasteiger partial charge in [0.15, 0.2) is 11.5 Å². The van der Waals surface area contributed by atoms with E-state index in [-0.39, 0.29) is 11.5 Å². The first-order valence-electron chi connectivity index (χ1n) is 4.11. The van der Waals surface area contributed by atoms with Crippen molar-refractivity contribution in [3.63, 3.8) is 0 Å². The van der Waals surface area contributed by atoms with Gasteiger partial charge in [-0.1, -0.05) is 6.07 Å². The number of hydrogen-bond acceptors (Lipinski definition) is 5. The molecule has 4 N–H and O–H groups in total. The molecule has 0 atom stereocenters.